The summed E-state index contributed by atoms with van der Waals surface area (Å²) >= 11 is -1.94. The van der Waals surface area contributed by atoms with Crippen molar-refractivity contribution in [2.45, 2.75) is 23.7 Å². The highest BCUT2D eigenvalue weighted by atomic mass is 32.2. The minimum atomic E-state index is -1.94. The van der Waals surface area contributed by atoms with Crippen molar-refractivity contribution in [1.82, 2.24) is 9.97 Å². The van der Waals surface area contributed by atoms with Crippen molar-refractivity contribution >= 4 is 11.1 Å². The molecule has 21 heavy (non-hydrogen) atoms. The quantitative estimate of drug-likeness (QED) is 0.883. The van der Waals surface area contributed by atoms with Crippen LogP contribution in [-0.2, 0) is 15.8 Å². The highest BCUT2D eigenvalue weighted by Crippen LogP contribution is 2.25. The zero-order valence-corrected chi connectivity index (χ0v) is 12.3. The summed E-state index contributed by atoms with van der Waals surface area (Å²) in [6.45, 7) is 1.55. The van der Waals surface area contributed by atoms with Gasteiger partial charge >= 0.3 is 0 Å². The zero-order valence-electron chi connectivity index (χ0n) is 11.4. The second kappa shape index (κ2) is 6.43. The van der Waals surface area contributed by atoms with E-state index in [0.717, 1.165) is 43.0 Å². The number of ether oxygens (including phenoxy) is 1. The van der Waals surface area contributed by atoms with Crippen molar-refractivity contribution < 1.29 is 13.5 Å². The van der Waals surface area contributed by atoms with Gasteiger partial charge in [0.25, 0.3) is 0 Å². The van der Waals surface area contributed by atoms with Crippen LogP contribution >= 0.6 is 0 Å². The summed E-state index contributed by atoms with van der Waals surface area (Å²) in [5.74, 6) is 1.25. The molecule has 1 fully saturated rings. The van der Waals surface area contributed by atoms with Gasteiger partial charge in [-0.25, -0.2) is 14.2 Å². The Labute approximate surface area is 125 Å². The molecule has 0 spiro atoms. The molecule has 1 unspecified atom stereocenters. The van der Waals surface area contributed by atoms with E-state index in [1.807, 2.05) is 12.4 Å². The molecule has 1 atom stereocenters. The fourth-order valence-corrected chi connectivity index (χ4v) is 2.79. The third-order valence-electron chi connectivity index (χ3n) is 3.65. The Hall–Kier alpha value is -1.63. The van der Waals surface area contributed by atoms with Crippen LogP contribution in [0, 0.1) is 0 Å². The molecule has 0 radical (unpaired) electrons. The first-order valence-electron chi connectivity index (χ1n) is 6.85. The molecular weight excluding hydrogens is 288 g/mol. The summed E-state index contributed by atoms with van der Waals surface area (Å²) in [4.78, 5) is 9.31. The van der Waals surface area contributed by atoms with Crippen molar-refractivity contribution in [1.29, 1.82) is 0 Å². The molecule has 1 aromatic heterocycles. The minimum Gasteiger partial charge on any atom is -0.381 e. The molecule has 6 heteroatoms. The van der Waals surface area contributed by atoms with Crippen LogP contribution < -0.4 is 0 Å². The topological polar surface area (TPSA) is 72.3 Å². The normalized spacial score (nSPS) is 17.6. The maximum absolute atomic E-state index is 10.9. The van der Waals surface area contributed by atoms with E-state index in [1.54, 1.807) is 24.3 Å². The molecule has 2 aromatic rings. The van der Waals surface area contributed by atoms with Gasteiger partial charge in [-0.15, -0.1) is 0 Å². The number of nitrogens with zero attached hydrogens (tertiary/aromatic N) is 2. The van der Waals surface area contributed by atoms with Gasteiger partial charge in [0, 0.05) is 37.1 Å². The predicted molar refractivity (Wildman–Crippen MR) is 79.3 cm³/mol. The maximum atomic E-state index is 10.9. The first kappa shape index (κ1) is 14.3. The average molecular weight is 304 g/mol. The van der Waals surface area contributed by atoms with Crippen molar-refractivity contribution in [2.24, 2.45) is 0 Å². The second-order valence-electron chi connectivity index (χ2n) is 4.99. The fraction of sp³-hybridized carbons (Fsp3) is 0.333. The maximum Gasteiger partial charge on any atom is 0.186 e. The van der Waals surface area contributed by atoms with Crippen molar-refractivity contribution in [2.75, 3.05) is 13.2 Å². The van der Waals surface area contributed by atoms with Crippen LogP contribution in [0.3, 0.4) is 0 Å². The monoisotopic (exact) mass is 304 g/mol. The molecule has 110 valence electrons. The number of rotatable bonds is 3. The Bertz CT molecular complexity index is 622. The molecule has 1 N–H and O–H groups in total. The minimum absolute atomic E-state index is 0.381. The lowest BCUT2D eigenvalue weighted by Crippen LogP contribution is -2.16. The summed E-state index contributed by atoms with van der Waals surface area (Å²) in [7, 11) is 0. The second-order valence-corrected chi connectivity index (χ2v) is 5.96. The summed E-state index contributed by atoms with van der Waals surface area (Å²) in [5, 5.41) is 0. The smallest absolute Gasteiger partial charge is 0.186 e. The van der Waals surface area contributed by atoms with Gasteiger partial charge in [-0.3, -0.25) is 0 Å². The largest absolute Gasteiger partial charge is 0.381 e. The van der Waals surface area contributed by atoms with Crippen molar-refractivity contribution in [3.8, 4) is 11.1 Å². The van der Waals surface area contributed by atoms with Crippen LogP contribution in [0.15, 0.2) is 41.6 Å². The highest BCUT2D eigenvalue weighted by molar-refractivity contribution is 7.79. The molecule has 2 heterocycles. The summed E-state index contributed by atoms with van der Waals surface area (Å²) in [5.41, 5.74) is 1.84. The lowest BCUT2D eigenvalue weighted by Gasteiger charge is -2.20. The average Bonchev–Trinajstić information content (AvgIpc) is 2.56. The van der Waals surface area contributed by atoms with E-state index in [1.165, 1.54) is 0 Å². The molecule has 0 amide bonds. The molecule has 1 aliphatic heterocycles. The molecule has 1 saturated heterocycles. The van der Waals surface area contributed by atoms with Gasteiger partial charge in [0.15, 0.2) is 11.1 Å². The third-order valence-corrected chi connectivity index (χ3v) is 4.32. The Morgan fingerprint density at radius 2 is 1.67 bits per heavy atom. The SMILES string of the molecule is O=S(O)c1ccc(-c2cnc(C3CCOCC3)nc2)cc1. The van der Waals surface area contributed by atoms with E-state index in [2.05, 4.69) is 9.97 Å². The van der Waals surface area contributed by atoms with Crippen molar-refractivity contribution in [3.05, 3.63) is 42.5 Å². The molecule has 0 aliphatic carbocycles. The summed E-state index contributed by atoms with van der Waals surface area (Å²) in [6, 6.07) is 6.88. The fourth-order valence-electron chi connectivity index (χ4n) is 2.42. The van der Waals surface area contributed by atoms with Gasteiger partial charge in [-0.1, -0.05) is 12.1 Å². The Morgan fingerprint density at radius 1 is 1.05 bits per heavy atom. The van der Waals surface area contributed by atoms with E-state index in [4.69, 9.17) is 9.29 Å². The Kier molecular flexibility index (Phi) is 4.38. The summed E-state index contributed by atoms with van der Waals surface area (Å²) in [6.07, 6.45) is 5.55. The van der Waals surface area contributed by atoms with E-state index in [-0.39, 0.29) is 0 Å². The number of benzene rings is 1. The lowest BCUT2D eigenvalue weighted by atomic mass is 9.99. The summed E-state index contributed by atoms with van der Waals surface area (Å²) < 4.78 is 25.3. The van der Waals surface area contributed by atoms with Gasteiger partial charge in [-0.05, 0) is 30.5 Å². The molecule has 0 bridgehead atoms. The standard InChI is InChI=1S/C15H16N2O3S/c18-21(19)14-3-1-11(2-4-14)13-9-16-15(17-10-13)12-5-7-20-8-6-12/h1-4,9-10,12H,5-8H2,(H,18,19). The van der Waals surface area contributed by atoms with E-state index >= 15 is 0 Å². The van der Waals surface area contributed by atoms with Gasteiger partial charge in [0.2, 0.25) is 0 Å². The van der Waals surface area contributed by atoms with E-state index in [0.29, 0.717) is 10.8 Å². The third kappa shape index (κ3) is 3.34. The van der Waals surface area contributed by atoms with Crippen LogP contribution in [0.2, 0.25) is 0 Å². The van der Waals surface area contributed by atoms with Gasteiger partial charge in [-0.2, -0.15) is 0 Å². The first-order valence-corrected chi connectivity index (χ1v) is 7.95. The Balaban J connectivity index is 1.78. The highest BCUT2D eigenvalue weighted by Gasteiger charge is 2.18. The van der Waals surface area contributed by atoms with Crippen LogP contribution in [0.4, 0.5) is 0 Å². The lowest BCUT2D eigenvalue weighted by molar-refractivity contribution is 0.0836. The van der Waals surface area contributed by atoms with Gasteiger partial charge < -0.3 is 9.29 Å². The van der Waals surface area contributed by atoms with Crippen molar-refractivity contribution in [3.63, 3.8) is 0 Å². The molecule has 3 rings (SSSR count). The first-order chi connectivity index (χ1) is 10.2. The number of hydrogen-bond donors (Lipinski definition) is 1. The van der Waals surface area contributed by atoms with Crippen LogP contribution in [0.25, 0.3) is 11.1 Å². The molecule has 5 nitrogen and oxygen atoms in total. The van der Waals surface area contributed by atoms with E-state index < -0.39 is 11.1 Å². The zero-order chi connectivity index (χ0) is 14.7. The Morgan fingerprint density at radius 3 is 2.24 bits per heavy atom. The molecule has 1 aliphatic rings. The van der Waals surface area contributed by atoms with Crippen LogP contribution in [-0.4, -0.2) is 31.9 Å². The van der Waals surface area contributed by atoms with Crippen LogP contribution in [0.1, 0.15) is 24.6 Å². The van der Waals surface area contributed by atoms with E-state index in [9.17, 15) is 4.21 Å². The molecule has 1 aromatic carbocycles. The predicted octanol–water partition coefficient (Wildman–Crippen LogP) is 2.62. The van der Waals surface area contributed by atoms with Gasteiger partial charge in [0.1, 0.15) is 5.82 Å². The van der Waals surface area contributed by atoms with Crippen LogP contribution in [0.5, 0.6) is 0 Å². The number of aromatic nitrogens is 2. The molecular formula is C15H16N2O3S. The number of hydrogen-bond acceptors (Lipinski definition) is 4. The van der Waals surface area contributed by atoms with Gasteiger partial charge in [0.05, 0.1) is 4.90 Å². The molecule has 0 saturated carbocycles.